The van der Waals surface area contributed by atoms with Crippen molar-refractivity contribution in [2.24, 2.45) is 0 Å². The fourth-order valence-corrected chi connectivity index (χ4v) is 5.28. The first kappa shape index (κ1) is 22.4. The summed E-state index contributed by atoms with van der Waals surface area (Å²) < 4.78 is 28.7. The van der Waals surface area contributed by atoms with Crippen molar-refractivity contribution in [3.8, 4) is 16.8 Å². The van der Waals surface area contributed by atoms with Gasteiger partial charge in [0.1, 0.15) is 10.7 Å². The number of benzene rings is 2. The summed E-state index contributed by atoms with van der Waals surface area (Å²) >= 11 is 0. The molecule has 2 aromatic heterocycles. The molecule has 4 aromatic rings. The molecule has 0 aliphatic carbocycles. The number of rotatable bonds is 6. The molecule has 33 heavy (non-hydrogen) atoms. The van der Waals surface area contributed by atoms with Crippen LogP contribution in [0.15, 0.2) is 70.5 Å². The maximum atomic E-state index is 13.3. The third-order valence-corrected chi connectivity index (χ3v) is 7.53. The van der Waals surface area contributed by atoms with Gasteiger partial charge < -0.3 is 11.5 Å². The summed E-state index contributed by atoms with van der Waals surface area (Å²) in [6.45, 7) is 4.14. The van der Waals surface area contributed by atoms with Crippen molar-refractivity contribution >= 4 is 32.7 Å². The first-order valence-corrected chi connectivity index (χ1v) is 11.9. The number of hydrogen-bond acceptors (Lipinski definition) is 7. The summed E-state index contributed by atoms with van der Waals surface area (Å²) in [5.74, 6) is 0.000478. The van der Waals surface area contributed by atoms with Crippen LogP contribution < -0.4 is 17.0 Å². The van der Waals surface area contributed by atoms with E-state index in [2.05, 4.69) is 9.97 Å². The minimum atomic E-state index is -3.81. The lowest BCUT2D eigenvalue weighted by Crippen LogP contribution is -2.31. The van der Waals surface area contributed by atoms with Crippen molar-refractivity contribution in [1.82, 2.24) is 18.8 Å². The molecule has 0 atom stereocenters. The minimum absolute atomic E-state index is 0.0686. The molecule has 2 heterocycles. The molecule has 10 heteroatoms. The van der Waals surface area contributed by atoms with E-state index in [0.29, 0.717) is 40.8 Å². The molecule has 0 saturated heterocycles. The highest BCUT2D eigenvalue weighted by Crippen LogP contribution is 2.28. The van der Waals surface area contributed by atoms with Crippen LogP contribution >= 0.6 is 0 Å². The lowest BCUT2D eigenvalue weighted by molar-refractivity contribution is 0.445. The Bertz CT molecular complexity index is 1500. The van der Waals surface area contributed by atoms with E-state index in [1.165, 1.54) is 21.1 Å². The molecule has 0 aliphatic heterocycles. The van der Waals surface area contributed by atoms with Crippen LogP contribution in [0.3, 0.4) is 0 Å². The number of nitrogens with zero attached hydrogens (tertiary/aromatic N) is 4. The Morgan fingerprint density at radius 1 is 0.970 bits per heavy atom. The Kier molecular flexibility index (Phi) is 5.88. The zero-order chi connectivity index (χ0) is 23.8. The molecule has 0 radical (unpaired) electrons. The van der Waals surface area contributed by atoms with Crippen LogP contribution in [0.4, 0.5) is 11.8 Å². The van der Waals surface area contributed by atoms with Gasteiger partial charge in [-0.05, 0) is 35.9 Å². The number of sulfonamides is 1. The molecule has 0 fully saturated rings. The van der Waals surface area contributed by atoms with Crippen LogP contribution in [0.1, 0.15) is 13.8 Å². The van der Waals surface area contributed by atoms with Gasteiger partial charge in [-0.15, -0.1) is 0 Å². The lowest BCUT2D eigenvalue weighted by Gasteiger charge is -2.19. The predicted octanol–water partition coefficient (Wildman–Crippen LogP) is 2.64. The Balaban J connectivity index is 1.89. The van der Waals surface area contributed by atoms with Gasteiger partial charge in [-0.1, -0.05) is 38.1 Å². The van der Waals surface area contributed by atoms with Crippen LogP contribution in [0, 0.1) is 0 Å². The number of aromatic nitrogens is 3. The number of pyridine rings is 1. The molecule has 170 valence electrons. The zero-order valence-corrected chi connectivity index (χ0v) is 19.1. The largest absolute Gasteiger partial charge is 0.383 e. The Hall–Kier alpha value is -3.76. The number of fused-ring (bicyclic) bond motifs is 1. The summed E-state index contributed by atoms with van der Waals surface area (Å²) in [5.41, 5.74) is 13.8. The van der Waals surface area contributed by atoms with Crippen molar-refractivity contribution in [2.45, 2.75) is 18.7 Å². The van der Waals surface area contributed by atoms with E-state index in [1.807, 2.05) is 6.07 Å². The van der Waals surface area contributed by atoms with Crippen molar-refractivity contribution in [2.75, 3.05) is 24.6 Å². The van der Waals surface area contributed by atoms with Gasteiger partial charge in [0.15, 0.2) is 0 Å². The van der Waals surface area contributed by atoms with Crippen LogP contribution in [-0.2, 0) is 10.0 Å². The molecule has 0 saturated carbocycles. The maximum absolute atomic E-state index is 13.3. The monoisotopic (exact) mass is 464 g/mol. The summed E-state index contributed by atoms with van der Waals surface area (Å²) in [7, 11) is -3.81. The quantitative estimate of drug-likeness (QED) is 0.447. The van der Waals surface area contributed by atoms with Crippen molar-refractivity contribution < 1.29 is 8.42 Å². The average Bonchev–Trinajstić information content (AvgIpc) is 2.80. The molecular weight excluding hydrogens is 440 g/mol. The smallest absolute Gasteiger partial charge is 0.267 e. The highest BCUT2D eigenvalue weighted by Gasteiger charge is 2.25. The van der Waals surface area contributed by atoms with Crippen LogP contribution in [0.25, 0.3) is 27.7 Å². The van der Waals surface area contributed by atoms with E-state index in [-0.39, 0.29) is 22.2 Å². The first-order chi connectivity index (χ1) is 15.8. The van der Waals surface area contributed by atoms with Crippen LogP contribution in [-0.4, -0.2) is 40.3 Å². The molecule has 2 aromatic carbocycles. The fourth-order valence-electron chi connectivity index (χ4n) is 3.73. The zero-order valence-electron chi connectivity index (χ0n) is 18.3. The van der Waals surface area contributed by atoms with Gasteiger partial charge in [0, 0.05) is 24.8 Å². The third-order valence-electron chi connectivity index (χ3n) is 5.45. The third kappa shape index (κ3) is 3.94. The molecule has 0 spiro atoms. The standard InChI is InChI=1S/C23H24N6O3S/c1-3-28(4-2)33(31,32)20-13-16(14-26-21(20)24)15-10-11-19-18(12-15)22(30)29(23(25)27-19)17-8-6-5-7-9-17/h5-14H,3-4H2,1-2H3,(H2,24,26)(H2,25,27). The van der Waals surface area contributed by atoms with Gasteiger partial charge in [-0.25, -0.2) is 23.0 Å². The topological polar surface area (TPSA) is 137 Å². The maximum Gasteiger partial charge on any atom is 0.267 e. The molecule has 4 N–H and O–H groups in total. The Labute approximate surface area is 191 Å². The number of anilines is 2. The number of nitrogen functional groups attached to an aromatic ring is 2. The molecule has 0 aliphatic rings. The summed E-state index contributed by atoms with van der Waals surface area (Å²) in [5, 5.41) is 0.343. The normalized spacial score (nSPS) is 11.8. The van der Waals surface area contributed by atoms with Gasteiger partial charge in [-0.3, -0.25) is 4.79 Å². The van der Waals surface area contributed by atoms with E-state index < -0.39 is 10.0 Å². The van der Waals surface area contributed by atoms with Crippen molar-refractivity contribution in [3.63, 3.8) is 0 Å². The first-order valence-electron chi connectivity index (χ1n) is 10.4. The number of hydrogen-bond donors (Lipinski definition) is 2. The van der Waals surface area contributed by atoms with E-state index in [0.717, 1.165) is 0 Å². The SMILES string of the molecule is CCN(CC)S(=O)(=O)c1cc(-c2ccc3nc(N)n(-c4ccccc4)c(=O)c3c2)cnc1N. The van der Waals surface area contributed by atoms with E-state index >= 15 is 0 Å². The van der Waals surface area contributed by atoms with Gasteiger partial charge in [0.2, 0.25) is 16.0 Å². The molecule has 0 amide bonds. The van der Waals surface area contributed by atoms with Crippen LogP contribution in [0.5, 0.6) is 0 Å². The van der Waals surface area contributed by atoms with Crippen molar-refractivity contribution in [1.29, 1.82) is 0 Å². The molecule has 0 unspecified atom stereocenters. The second-order valence-corrected chi connectivity index (χ2v) is 9.28. The van der Waals surface area contributed by atoms with E-state index in [4.69, 9.17) is 11.5 Å². The Morgan fingerprint density at radius 3 is 2.33 bits per heavy atom. The van der Waals surface area contributed by atoms with Gasteiger partial charge >= 0.3 is 0 Å². The predicted molar refractivity (Wildman–Crippen MR) is 130 cm³/mol. The molecule has 9 nitrogen and oxygen atoms in total. The summed E-state index contributed by atoms with van der Waals surface area (Å²) in [6.07, 6.45) is 1.48. The second-order valence-electron chi connectivity index (χ2n) is 7.37. The van der Waals surface area contributed by atoms with Gasteiger partial charge in [-0.2, -0.15) is 4.31 Å². The van der Waals surface area contributed by atoms with E-state index in [9.17, 15) is 13.2 Å². The number of nitrogens with two attached hydrogens (primary N) is 2. The van der Waals surface area contributed by atoms with Gasteiger partial charge in [0.25, 0.3) is 5.56 Å². The Morgan fingerprint density at radius 2 is 1.67 bits per heavy atom. The number of para-hydroxylation sites is 1. The minimum Gasteiger partial charge on any atom is -0.383 e. The molecule has 4 rings (SSSR count). The average molecular weight is 465 g/mol. The molecule has 0 bridgehead atoms. The highest BCUT2D eigenvalue weighted by molar-refractivity contribution is 7.89. The lowest BCUT2D eigenvalue weighted by atomic mass is 10.1. The summed E-state index contributed by atoms with van der Waals surface area (Å²) in [4.78, 5) is 21.7. The van der Waals surface area contributed by atoms with Crippen LogP contribution in [0.2, 0.25) is 0 Å². The van der Waals surface area contributed by atoms with E-state index in [1.54, 1.807) is 56.3 Å². The fraction of sp³-hybridized carbons (Fsp3) is 0.174. The second kappa shape index (κ2) is 8.64. The molecular formula is C23H24N6O3S. The van der Waals surface area contributed by atoms with Gasteiger partial charge in [0.05, 0.1) is 16.6 Å². The summed E-state index contributed by atoms with van der Waals surface area (Å²) in [6, 6.07) is 15.5. The van der Waals surface area contributed by atoms with Crippen molar-refractivity contribution in [3.05, 3.63) is 71.1 Å². The highest BCUT2D eigenvalue weighted by atomic mass is 32.2.